The van der Waals surface area contributed by atoms with Crippen molar-refractivity contribution in [2.75, 3.05) is 6.61 Å². The van der Waals surface area contributed by atoms with Gasteiger partial charge in [0.2, 0.25) is 0 Å². The number of phenols is 1. The first-order chi connectivity index (χ1) is 7.20. The van der Waals surface area contributed by atoms with Crippen molar-refractivity contribution in [2.24, 2.45) is 0 Å². The van der Waals surface area contributed by atoms with Gasteiger partial charge in [-0.05, 0) is 30.5 Å². The van der Waals surface area contributed by atoms with Crippen LogP contribution in [0.5, 0.6) is 5.75 Å². The van der Waals surface area contributed by atoms with Gasteiger partial charge in [-0.25, -0.2) is 0 Å². The average molecular weight is 228 g/mol. The molecule has 82 valence electrons. The SMILES string of the molecule is OCC(NC1CC1)c1ccc(O)c(Cl)c1. The zero-order chi connectivity index (χ0) is 10.8. The minimum absolute atomic E-state index is 0.0393. The first kappa shape index (κ1) is 10.7. The number of phenolic OH excluding ortho intramolecular Hbond substituents is 1. The van der Waals surface area contributed by atoms with Crippen LogP contribution in [0.2, 0.25) is 5.02 Å². The lowest BCUT2D eigenvalue weighted by atomic mass is 10.1. The van der Waals surface area contributed by atoms with Crippen LogP contribution in [0.4, 0.5) is 0 Å². The maximum absolute atomic E-state index is 9.28. The molecule has 1 saturated carbocycles. The van der Waals surface area contributed by atoms with Crippen LogP contribution >= 0.6 is 11.6 Å². The quantitative estimate of drug-likeness (QED) is 0.736. The fraction of sp³-hybridized carbons (Fsp3) is 0.455. The molecule has 1 aliphatic carbocycles. The second-order valence-electron chi connectivity index (χ2n) is 3.89. The van der Waals surface area contributed by atoms with Gasteiger partial charge in [0.05, 0.1) is 17.7 Å². The molecule has 0 aliphatic heterocycles. The van der Waals surface area contributed by atoms with Crippen molar-refractivity contribution in [1.29, 1.82) is 0 Å². The molecule has 1 atom stereocenters. The molecule has 1 unspecified atom stereocenters. The number of aliphatic hydroxyl groups excluding tert-OH is 1. The monoisotopic (exact) mass is 227 g/mol. The predicted octanol–water partition coefficient (Wildman–Crippen LogP) is 1.83. The van der Waals surface area contributed by atoms with E-state index in [-0.39, 0.29) is 18.4 Å². The van der Waals surface area contributed by atoms with Crippen LogP contribution in [0.15, 0.2) is 18.2 Å². The molecule has 3 nitrogen and oxygen atoms in total. The Labute approximate surface area is 93.7 Å². The lowest BCUT2D eigenvalue weighted by molar-refractivity contribution is 0.243. The Kier molecular flexibility index (Phi) is 3.14. The van der Waals surface area contributed by atoms with Crippen LogP contribution in [-0.4, -0.2) is 22.9 Å². The third-order valence-electron chi connectivity index (χ3n) is 2.57. The molecular weight excluding hydrogens is 214 g/mol. The highest BCUT2D eigenvalue weighted by atomic mass is 35.5. The van der Waals surface area contributed by atoms with E-state index in [1.807, 2.05) is 0 Å². The van der Waals surface area contributed by atoms with E-state index in [9.17, 15) is 10.2 Å². The van der Waals surface area contributed by atoms with Crippen LogP contribution in [0.3, 0.4) is 0 Å². The van der Waals surface area contributed by atoms with Crippen molar-refractivity contribution >= 4 is 11.6 Å². The summed E-state index contributed by atoms with van der Waals surface area (Å²) >= 11 is 5.81. The Morgan fingerprint density at radius 1 is 1.47 bits per heavy atom. The maximum Gasteiger partial charge on any atom is 0.134 e. The summed E-state index contributed by atoms with van der Waals surface area (Å²) in [6.45, 7) is 0.0393. The molecule has 0 aromatic heterocycles. The van der Waals surface area contributed by atoms with E-state index in [0.29, 0.717) is 11.1 Å². The lowest BCUT2D eigenvalue weighted by Gasteiger charge is -2.16. The Morgan fingerprint density at radius 3 is 2.73 bits per heavy atom. The van der Waals surface area contributed by atoms with Crippen molar-refractivity contribution in [3.8, 4) is 5.75 Å². The van der Waals surface area contributed by atoms with Crippen molar-refractivity contribution in [3.63, 3.8) is 0 Å². The minimum atomic E-state index is -0.0874. The third kappa shape index (κ3) is 2.62. The molecule has 1 fully saturated rings. The Hall–Kier alpha value is -0.770. The Bertz CT molecular complexity index is 352. The topological polar surface area (TPSA) is 52.5 Å². The lowest BCUT2D eigenvalue weighted by Crippen LogP contribution is -2.26. The van der Waals surface area contributed by atoms with Gasteiger partial charge in [-0.2, -0.15) is 0 Å². The summed E-state index contributed by atoms with van der Waals surface area (Å²) in [4.78, 5) is 0. The van der Waals surface area contributed by atoms with Gasteiger partial charge in [0.15, 0.2) is 0 Å². The van der Waals surface area contributed by atoms with Gasteiger partial charge in [0.1, 0.15) is 5.75 Å². The largest absolute Gasteiger partial charge is 0.506 e. The number of halogens is 1. The smallest absolute Gasteiger partial charge is 0.134 e. The summed E-state index contributed by atoms with van der Waals surface area (Å²) in [6, 6.07) is 5.45. The van der Waals surface area contributed by atoms with Crippen LogP contribution < -0.4 is 5.32 Å². The van der Waals surface area contributed by atoms with Crippen LogP contribution in [0, 0.1) is 0 Å². The molecule has 0 heterocycles. The molecule has 1 aromatic carbocycles. The number of aromatic hydroxyl groups is 1. The number of hydrogen-bond acceptors (Lipinski definition) is 3. The highest BCUT2D eigenvalue weighted by Gasteiger charge is 2.25. The van der Waals surface area contributed by atoms with E-state index in [0.717, 1.165) is 5.56 Å². The van der Waals surface area contributed by atoms with E-state index in [4.69, 9.17) is 11.6 Å². The first-order valence-electron chi connectivity index (χ1n) is 5.06. The van der Waals surface area contributed by atoms with Gasteiger partial charge in [0, 0.05) is 6.04 Å². The molecule has 0 bridgehead atoms. The maximum atomic E-state index is 9.28. The molecular formula is C11H14ClNO2. The minimum Gasteiger partial charge on any atom is -0.506 e. The molecule has 3 N–H and O–H groups in total. The Morgan fingerprint density at radius 2 is 2.20 bits per heavy atom. The standard InChI is InChI=1S/C11H14ClNO2/c12-9-5-7(1-4-11(9)15)10(6-14)13-8-2-3-8/h1,4-5,8,10,13-15H,2-3,6H2. The molecule has 15 heavy (non-hydrogen) atoms. The molecule has 0 saturated heterocycles. The summed E-state index contributed by atoms with van der Waals surface area (Å²) in [5, 5.41) is 22.2. The molecule has 4 heteroatoms. The zero-order valence-corrected chi connectivity index (χ0v) is 9.04. The van der Waals surface area contributed by atoms with Crippen molar-refractivity contribution in [1.82, 2.24) is 5.32 Å². The highest BCUT2D eigenvalue weighted by molar-refractivity contribution is 6.32. The number of aliphatic hydroxyl groups is 1. The normalized spacial score (nSPS) is 17.7. The number of nitrogens with one attached hydrogen (secondary N) is 1. The zero-order valence-electron chi connectivity index (χ0n) is 8.28. The van der Waals surface area contributed by atoms with E-state index >= 15 is 0 Å². The molecule has 0 radical (unpaired) electrons. The second-order valence-corrected chi connectivity index (χ2v) is 4.29. The highest BCUT2D eigenvalue weighted by Crippen LogP contribution is 2.29. The third-order valence-corrected chi connectivity index (χ3v) is 2.87. The van der Waals surface area contributed by atoms with Gasteiger partial charge < -0.3 is 15.5 Å². The summed E-state index contributed by atoms with van der Waals surface area (Å²) in [7, 11) is 0. The van der Waals surface area contributed by atoms with Gasteiger partial charge in [-0.3, -0.25) is 0 Å². The van der Waals surface area contributed by atoms with Gasteiger partial charge in [-0.15, -0.1) is 0 Å². The van der Waals surface area contributed by atoms with Crippen molar-refractivity contribution in [3.05, 3.63) is 28.8 Å². The predicted molar refractivity (Wildman–Crippen MR) is 59.1 cm³/mol. The first-order valence-corrected chi connectivity index (χ1v) is 5.44. The molecule has 1 aromatic rings. The van der Waals surface area contributed by atoms with E-state index < -0.39 is 0 Å². The second kappa shape index (κ2) is 4.39. The van der Waals surface area contributed by atoms with Gasteiger partial charge in [0.25, 0.3) is 0 Å². The number of benzene rings is 1. The molecule has 0 amide bonds. The number of hydrogen-bond donors (Lipinski definition) is 3. The average Bonchev–Trinajstić information content (AvgIpc) is 3.02. The summed E-state index contributed by atoms with van der Waals surface area (Å²) in [5.74, 6) is 0.0727. The van der Waals surface area contributed by atoms with Gasteiger partial charge in [-0.1, -0.05) is 17.7 Å². The van der Waals surface area contributed by atoms with Crippen LogP contribution in [0.1, 0.15) is 24.4 Å². The van der Waals surface area contributed by atoms with Crippen molar-refractivity contribution < 1.29 is 10.2 Å². The van der Waals surface area contributed by atoms with Gasteiger partial charge >= 0.3 is 0 Å². The summed E-state index contributed by atoms with van der Waals surface area (Å²) in [6.07, 6.45) is 2.34. The van der Waals surface area contributed by atoms with E-state index in [2.05, 4.69) is 5.32 Å². The van der Waals surface area contributed by atoms with E-state index in [1.165, 1.54) is 12.8 Å². The fourth-order valence-corrected chi connectivity index (χ4v) is 1.72. The molecule has 0 spiro atoms. The van der Waals surface area contributed by atoms with Crippen molar-refractivity contribution in [2.45, 2.75) is 24.9 Å². The fourth-order valence-electron chi connectivity index (χ4n) is 1.53. The van der Waals surface area contributed by atoms with E-state index in [1.54, 1.807) is 18.2 Å². The summed E-state index contributed by atoms with van der Waals surface area (Å²) < 4.78 is 0. The number of rotatable bonds is 4. The van der Waals surface area contributed by atoms with Crippen LogP contribution in [-0.2, 0) is 0 Å². The van der Waals surface area contributed by atoms with Crippen LogP contribution in [0.25, 0.3) is 0 Å². The molecule has 1 aliphatic rings. The Balaban J connectivity index is 2.13. The summed E-state index contributed by atoms with van der Waals surface area (Å²) in [5.41, 5.74) is 0.909. The molecule has 2 rings (SSSR count).